The second-order valence-corrected chi connectivity index (χ2v) is 7.78. The number of hydrogen-bond donors (Lipinski definition) is 1. The summed E-state index contributed by atoms with van der Waals surface area (Å²) in [5.41, 5.74) is 4.06. The highest BCUT2D eigenvalue weighted by atomic mass is 16.5. The maximum absolute atomic E-state index is 13.0. The molecule has 2 aromatic carbocycles. The molecule has 0 aliphatic rings. The lowest BCUT2D eigenvalue weighted by atomic mass is 10.0. The van der Waals surface area contributed by atoms with Crippen LogP contribution in [-0.4, -0.2) is 35.1 Å². The minimum absolute atomic E-state index is 0.108. The van der Waals surface area contributed by atoms with Crippen LogP contribution in [0.2, 0.25) is 0 Å². The number of aliphatic carboxylic acids is 1. The topological polar surface area (TPSA) is 85.7 Å². The highest BCUT2D eigenvalue weighted by Gasteiger charge is 2.17. The Morgan fingerprint density at radius 1 is 1.00 bits per heavy atom. The number of carbonyl (C=O) groups excluding carboxylic acids is 1. The zero-order valence-electron chi connectivity index (χ0n) is 19.0. The van der Waals surface area contributed by atoms with Gasteiger partial charge in [-0.25, -0.2) is 4.98 Å². The standard InChI is InChI=1S/C27H29NO5/c1-3-20-17-24(26(31)22-8-5-4-6-9-22)27(28-18-20)33-15-7-14-32-23-12-10-21(19(2)16-23)11-13-25(29)30/h4-6,8-10,12,16-18H,3,7,11,13-15H2,1-2H3,(H,29,30). The van der Waals surface area contributed by atoms with Gasteiger partial charge in [0.15, 0.2) is 5.78 Å². The monoisotopic (exact) mass is 447 g/mol. The Morgan fingerprint density at radius 2 is 1.76 bits per heavy atom. The van der Waals surface area contributed by atoms with Crippen LogP contribution in [0.25, 0.3) is 0 Å². The molecule has 0 aliphatic carbocycles. The minimum atomic E-state index is -0.804. The summed E-state index contributed by atoms with van der Waals surface area (Å²) in [6, 6.07) is 16.6. The van der Waals surface area contributed by atoms with Crippen LogP contribution in [-0.2, 0) is 17.6 Å². The van der Waals surface area contributed by atoms with E-state index in [1.54, 1.807) is 18.3 Å². The summed E-state index contributed by atoms with van der Waals surface area (Å²) in [6.07, 6.45) is 3.76. The van der Waals surface area contributed by atoms with E-state index < -0.39 is 5.97 Å². The number of aromatic nitrogens is 1. The number of nitrogens with zero attached hydrogens (tertiary/aromatic N) is 1. The van der Waals surface area contributed by atoms with Crippen LogP contribution in [0.5, 0.6) is 11.6 Å². The third-order valence-electron chi connectivity index (χ3n) is 5.32. The van der Waals surface area contributed by atoms with Crippen molar-refractivity contribution in [2.24, 2.45) is 0 Å². The van der Waals surface area contributed by atoms with E-state index in [0.717, 1.165) is 28.9 Å². The SMILES string of the molecule is CCc1cnc(OCCCOc2ccc(CCC(=O)O)c(C)c2)c(C(=O)c2ccccc2)c1. The van der Waals surface area contributed by atoms with Gasteiger partial charge in [0, 0.05) is 24.6 Å². The van der Waals surface area contributed by atoms with E-state index in [4.69, 9.17) is 14.6 Å². The quantitative estimate of drug-likeness (QED) is 0.309. The summed E-state index contributed by atoms with van der Waals surface area (Å²) in [5, 5.41) is 8.84. The van der Waals surface area contributed by atoms with Crippen LogP contribution in [0, 0.1) is 6.92 Å². The molecule has 3 rings (SSSR count). The highest BCUT2D eigenvalue weighted by Crippen LogP contribution is 2.22. The van der Waals surface area contributed by atoms with E-state index in [9.17, 15) is 9.59 Å². The van der Waals surface area contributed by atoms with E-state index in [-0.39, 0.29) is 12.2 Å². The number of ether oxygens (including phenoxy) is 2. The molecule has 0 fully saturated rings. The third kappa shape index (κ3) is 6.91. The fourth-order valence-corrected chi connectivity index (χ4v) is 3.41. The molecule has 33 heavy (non-hydrogen) atoms. The molecule has 1 N–H and O–H groups in total. The molecular formula is C27H29NO5. The molecule has 6 nitrogen and oxygen atoms in total. The van der Waals surface area contributed by atoms with E-state index in [1.807, 2.05) is 56.3 Å². The van der Waals surface area contributed by atoms with E-state index >= 15 is 0 Å². The molecule has 3 aromatic rings. The van der Waals surface area contributed by atoms with Crippen LogP contribution in [0.1, 0.15) is 52.4 Å². The van der Waals surface area contributed by atoms with Gasteiger partial charge >= 0.3 is 5.97 Å². The van der Waals surface area contributed by atoms with E-state index in [1.165, 1.54) is 0 Å². The molecule has 0 saturated heterocycles. The Labute approximate surface area is 194 Å². The van der Waals surface area contributed by atoms with Crippen LogP contribution < -0.4 is 9.47 Å². The van der Waals surface area contributed by atoms with Gasteiger partial charge in [-0.05, 0) is 54.7 Å². The largest absolute Gasteiger partial charge is 0.493 e. The smallest absolute Gasteiger partial charge is 0.303 e. The van der Waals surface area contributed by atoms with Gasteiger partial charge in [0.25, 0.3) is 0 Å². The Kier molecular flexibility index (Phi) is 8.58. The van der Waals surface area contributed by atoms with Gasteiger partial charge in [0.05, 0.1) is 18.8 Å². The first-order valence-corrected chi connectivity index (χ1v) is 11.1. The molecule has 1 aromatic heterocycles. The number of carbonyl (C=O) groups is 2. The first-order valence-electron chi connectivity index (χ1n) is 11.1. The summed E-state index contributed by atoms with van der Waals surface area (Å²) >= 11 is 0. The molecule has 0 bridgehead atoms. The number of carboxylic acid groups (broad SMARTS) is 1. The second kappa shape index (κ2) is 11.8. The normalized spacial score (nSPS) is 10.6. The molecular weight excluding hydrogens is 418 g/mol. The van der Waals surface area contributed by atoms with Crippen molar-refractivity contribution >= 4 is 11.8 Å². The Bertz CT molecular complexity index is 1090. The van der Waals surface area contributed by atoms with E-state index in [0.29, 0.717) is 43.1 Å². The number of pyridine rings is 1. The van der Waals surface area contributed by atoms with Crippen molar-refractivity contribution < 1.29 is 24.2 Å². The fourth-order valence-electron chi connectivity index (χ4n) is 3.41. The number of benzene rings is 2. The van der Waals surface area contributed by atoms with Crippen LogP contribution >= 0.6 is 0 Å². The lowest BCUT2D eigenvalue weighted by Crippen LogP contribution is -2.11. The fraction of sp³-hybridized carbons (Fsp3) is 0.296. The first kappa shape index (κ1) is 24.0. The van der Waals surface area contributed by atoms with Crippen molar-refractivity contribution in [3.8, 4) is 11.6 Å². The summed E-state index contributed by atoms with van der Waals surface area (Å²) in [5.74, 6) is 0.155. The molecule has 1 heterocycles. The van der Waals surface area contributed by atoms with Gasteiger partial charge in [0.1, 0.15) is 5.75 Å². The van der Waals surface area contributed by atoms with Gasteiger partial charge < -0.3 is 14.6 Å². The molecule has 172 valence electrons. The maximum Gasteiger partial charge on any atom is 0.303 e. The summed E-state index contributed by atoms with van der Waals surface area (Å²) in [6.45, 7) is 4.78. The number of hydrogen-bond acceptors (Lipinski definition) is 5. The highest BCUT2D eigenvalue weighted by molar-refractivity contribution is 6.10. The van der Waals surface area contributed by atoms with Crippen molar-refractivity contribution in [3.63, 3.8) is 0 Å². The zero-order valence-corrected chi connectivity index (χ0v) is 19.0. The first-order chi connectivity index (χ1) is 16.0. The van der Waals surface area contributed by atoms with Gasteiger partial charge in [-0.15, -0.1) is 0 Å². The van der Waals surface area contributed by atoms with Crippen LogP contribution in [0.3, 0.4) is 0 Å². The molecule has 0 saturated carbocycles. The van der Waals surface area contributed by atoms with E-state index in [2.05, 4.69) is 4.98 Å². The number of ketones is 1. The second-order valence-electron chi connectivity index (χ2n) is 7.78. The summed E-state index contributed by atoms with van der Waals surface area (Å²) < 4.78 is 11.7. The molecule has 0 unspecified atom stereocenters. The predicted octanol–water partition coefficient (Wildman–Crippen LogP) is 5.05. The summed E-state index contributed by atoms with van der Waals surface area (Å²) in [4.78, 5) is 28.1. The molecule has 6 heteroatoms. The maximum atomic E-state index is 13.0. The number of aryl methyl sites for hydroxylation is 3. The predicted molar refractivity (Wildman–Crippen MR) is 126 cm³/mol. The Hall–Kier alpha value is -3.67. The van der Waals surface area contributed by atoms with Crippen molar-refractivity contribution in [1.29, 1.82) is 0 Å². The van der Waals surface area contributed by atoms with Crippen molar-refractivity contribution in [3.05, 3.63) is 88.6 Å². The number of carboxylic acids is 1. The van der Waals surface area contributed by atoms with Gasteiger partial charge in [-0.3, -0.25) is 9.59 Å². The van der Waals surface area contributed by atoms with Crippen LogP contribution in [0.4, 0.5) is 0 Å². The molecule has 0 amide bonds. The zero-order chi connectivity index (χ0) is 23.6. The lowest BCUT2D eigenvalue weighted by Gasteiger charge is -2.12. The Morgan fingerprint density at radius 3 is 2.45 bits per heavy atom. The van der Waals surface area contributed by atoms with Gasteiger partial charge in [-0.2, -0.15) is 0 Å². The third-order valence-corrected chi connectivity index (χ3v) is 5.32. The minimum Gasteiger partial charge on any atom is -0.493 e. The van der Waals surface area contributed by atoms with Gasteiger partial charge in [0.2, 0.25) is 5.88 Å². The molecule has 0 atom stereocenters. The number of rotatable bonds is 12. The van der Waals surface area contributed by atoms with Crippen molar-refractivity contribution in [1.82, 2.24) is 4.98 Å². The van der Waals surface area contributed by atoms with Crippen LogP contribution in [0.15, 0.2) is 60.8 Å². The average molecular weight is 448 g/mol. The Balaban J connectivity index is 1.55. The van der Waals surface area contributed by atoms with Crippen molar-refractivity contribution in [2.75, 3.05) is 13.2 Å². The average Bonchev–Trinajstić information content (AvgIpc) is 2.83. The lowest BCUT2D eigenvalue weighted by molar-refractivity contribution is -0.136. The summed E-state index contributed by atoms with van der Waals surface area (Å²) in [7, 11) is 0. The van der Waals surface area contributed by atoms with Crippen molar-refractivity contribution in [2.45, 2.75) is 39.5 Å². The van der Waals surface area contributed by atoms with Gasteiger partial charge in [-0.1, -0.05) is 43.3 Å². The molecule has 0 aliphatic heterocycles. The molecule has 0 radical (unpaired) electrons. The molecule has 0 spiro atoms.